The van der Waals surface area contributed by atoms with Crippen LogP contribution in [0.3, 0.4) is 0 Å². The number of fused-ring (bicyclic) bond motifs is 3. The molecule has 0 bridgehead atoms. The minimum atomic E-state index is 0.917. The molecule has 0 saturated carbocycles. The number of hydrogen-bond donors (Lipinski definition) is 0. The molecule has 6 aromatic carbocycles. The van der Waals surface area contributed by atoms with E-state index in [2.05, 4.69) is 156 Å². The molecule has 0 amide bonds. The van der Waals surface area contributed by atoms with E-state index < -0.39 is 0 Å². The van der Waals surface area contributed by atoms with Gasteiger partial charge < -0.3 is 4.57 Å². The van der Waals surface area contributed by atoms with Crippen molar-refractivity contribution in [2.45, 2.75) is 6.42 Å². The molecule has 1 aromatic heterocycles. The van der Waals surface area contributed by atoms with E-state index in [1.807, 2.05) is 0 Å². The molecule has 38 heavy (non-hydrogen) atoms. The zero-order chi connectivity index (χ0) is 25.3. The summed E-state index contributed by atoms with van der Waals surface area (Å²) < 4.78 is 2.37. The van der Waals surface area contributed by atoms with Gasteiger partial charge in [-0.15, -0.1) is 0 Å². The second-order valence-electron chi connectivity index (χ2n) is 9.85. The number of hydrogen-bond acceptors (Lipinski definition) is 0. The van der Waals surface area contributed by atoms with E-state index in [9.17, 15) is 0 Å². The van der Waals surface area contributed by atoms with E-state index in [1.165, 1.54) is 60.9 Å². The Morgan fingerprint density at radius 3 is 1.26 bits per heavy atom. The third-order valence-corrected chi connectivity index (χ3v) is 7.46. The first-order chi connectivity index (χ1) is 18.8. The highest BCUT2D eigenvalue weighted by atomic mass is 15.0. The van der Waals surface area contributed by atoms with Gasteiger partial charge in [0.1, 0.15) is 0 Å². The predicted molar refractivity (Wildman–Crippen MR) is 161 cm³/mol. The van der Waals surface area contributed by atoms with Gasteiger partial charge in [0.2, 0.25) is 0 Å². The maximum absolute atomic E-state index is 2.37. The van der Waals surface area contributed by atoms with Crippen molar-refractivity contribution in [3.8, 4) is 27.9 Å². The summed E-state index contributed by atoms with van der Waals surface area (Å²) in [7, 11) is 0. The normalized spacial score (nSPS) is 11.3. The van der Waals surface area contributed by atoms with Crippen LogP contribution in [0.2, 0.25) is 0 Å². The highest BCUT2D eigenvalue weighted by Gasteiger charge is 2.11. The lowest BCUT2D eigenvalue weighted by Crippen LogP contribution is -1.95. The van der Waals surface area contributed by atoms with Gasteiger partial charge in [-0.2, -0.15) is 0 Å². The van der Waals surface area contributed by atoms with Gasteiger partial charge in [0.25, 0.3) is 0 Å². The van der Waals surface area contributed by atoms with Crippen molar-refractivity contribution in [3.05, 3.63) is 163 Å². The van der Waals surface area contributed by atoms with Gasteiger partial charge in [0.15, 0.2) is 0 Å². The van der Waals surface area contributed by atoms with Crippen LogP contribution in [-0.4, -0.2) is 4.57 Å². The van der Waals surface area contributed by atoms with Crippen molar-refractivity contribution in [2.24, 2.45) is 0 Å². The molecule has 1 heteroatoms. The third kappa shape index (κ3) is 4.09. The highest BCUT2D eigenvalue weighted by molar-refractivity contribution is 6.09. The largest absolute Gasteiger partial charge is 0.309 e. The molecule has 7 rings (SSSR count). The summed E-state index contributed by atoms with van der Waals surface area (Å²) in [6.45, 7) is 0. The summed E-state index contributed by atoms with van der Waals surface area (Å²) in [5.74, 6) is 0. The molecule has 0 radical (unpaired) electrons. The lowest BCUT2D eigenvalue weighted by Gasteiger charge is -2.10. The van der Waals surface area contributed by atoms with Crippen molar-refractivity contribution < 1.29 is 0 Å². The summed E-state index contributed by atoms with van der Waals surface area (Å²) in [5.41, 5.74) is 11.3. The maximum atomic E-state index is 2.37. The van der Waals surface area contributed by atoms with Crippen LogP contribution in [0.15, 0.2) is 152 Å². The first-order valence-electron chi connectivity index (χ1n) is 13.2. The molecule has 0 unspecified atom stereocenters. The monoisotopic (exact) mass is 485 g/mol. The van der Waals surface area contributed by atoms with Crippen LogP contribution in [0, 0.1) is 0 Å². The fourth-order valence-electron chi connectivity index (χ4n) is 5.50. The average molecular weight is 486 g/mol. The van der Waals surface area contributed by atoms with Crippen LogP contribution in [0.1, 0.15) is 11.1 Å². The van der Waals surface area contributed by atoms with Gasteiger partial charge in [0, 0.05) is 16.5 Å². The Morgan fingerprint density at radius 1 is 0.342 bits per heavy atom. The van der Waals surface area contributed by atoms with Crippen LogP contribution < -0.4 is 0 Å². The molecular weight excluding hydrogens is 458 g/mol. The van der Waals surface area contributed by atoms with Crippen LogP contribution >= 0.6 is 0 Å². The molecule has 0 aliphatic heterocycles. The van der Waals surface area contributed by atoms with Crippen LogP contribution in [0.25, 0.3) is 49.7 Å². The third-order valence-electron chi connectivity index (χ3n) is 7.46. The Labute approximate surface area is 223 Å². The van der Waals surface area contributed by atoms with E-state index in [0.29, 0.717) is 0 Å². The van der Waals surface area contributed by atoms with Crippen molar-refractivity contribution in [2.75, 3.05) is 0 Å². The highest BCUT2D eigenvalue weighted by Crippen LogP contribution is 2.32. The fraction of sp³-hybridized carbons (Fsp3) is 0.0270. The smallest absolute Gasteiger partial charge is 0.0541 e. The standard InChI is InChI=1S/C37H27N/c1-2-8-29(9-3-1)31-20-22-32(23-21-31)30-18-14-27(15-19-30)26-28-16-24-33(25-17-28)38-36-12-6-4-10-34(36)35-11-5-7-13-37(35)38/h1-25H,26H2. The summed E-state index contributed by atoms with van der Waals surface area (Å²) in [4.78, 5) is 0. The first kappa shape index (κ1) is 22.3. The molecule has 0 aliphatic carbocycles. The zero-order valence-corrected chi connectivity index (χ0v) is 21.1. The topological polar surface area (TPSA) is 4.93 Å². The Morgan fingerprint density at radius 2 is 0.737 bits per heavy atom. The molecule has 7 aromatic rings. The van der Waals surface area contributed by atoms with E-state index >= 15 is 0 Å². The second-order valence-corrected chi connectivity index (χ2v) is 9.85. The van der Waals surface area contributed by atoms with Crippen molar-refractivity contribution in [1.82, 2.24) is 4.57 Å². The fourth-order valence-corrected chi connectivity index (χ4v) is 5.50. The quantitative estimate of drug-likeness (QED) is 0.229. The lowest BCUT2D eigenvalue weighted by molar-refractivity contribution is 1.15. The van der Waals surface area contributed by atoms with E-state index in [-0.39, 0.29) is 0 Å². The van der Waals surface area contributed by atoms with E-state index in [4.69, 9.17) is 0 Å². The number of rotatable bonds is 5. The Bertz CT molecular complexity index is 1790. The predicted octanol–water partition coefficient (Wildman–Crippen LogP) is 9.71. The molecule has 0 spiro atoms. The Balaban J connectivity index is 1.11. The summed E-state index contributed by atoms with van der Waals surface area (Å²) >= 11 is 0. The molecule has 0 N–H and O–H groups in total. The minimum Gasteiger partial charge on any atom is -0.309 e. The van der Waals surface area contributed by atoms with Gasteiger partial charge in [-0.1, -0.05) is 127 Å². The minimum absolute atomic E-state index is 0.917. The van der Waals surface area contributed by atoms with Gasteiger partial charge in [-0.05, 0) is 64.1 Å². The number of aromatic nitrogens is 1. The zero-order valence-electron chi connectivity index (χ0n) is 21.1. The second kappa shape index (κ2) is 9.53. The van der Waals surface area contributed by atoms with Crippen molar-refractivity contribution >= 4 is 21.8 Å². The SMILES string of the molecule is c1ccc(-c2ccc(-c3ccc(Cc4ccc(-n5c6ccccc6c6ccccc65)cc4)cc3)cc2)cc1. The lowest BCUT2D eigenvalue weighted by atomic mass is 9.98. The summed E-state index contributed by atoms with van der Waals surface area (Å²) in [5, 5.41) is 2.59. The summed E-state index contributed by atoms with van der Waals surface area (Å²) in [6, 6.07) is 54.7. The Kier molecular flexibility index (Phi) is 5.60. The maximum Gasteiger partial charge on any atom is 0.0541 e. The van der Waals surface area contributed by atoms with Gasteiger partial charge in [-0.3, -0.25) is 0 Å². The average Bonchev–Trinajstić information content (AvgIpc) is 3.33. The molecule has 180 valence electrons. The van der Waals surface area contributed by atoms with Crippen molar-refractivity contribution in [1.29, 1.82) is 0 Å². The molecular formula is C37H27N. The number of nitrogens with zero attached hydrogens (tertiary/aromatic N) is 1. The van der Waals surface area contributed by atoms with Gasteiger partial charge in [0.05, 0.1) is 11.0 Å². The van der Waals surface area contributed by atoms with Crippen LogP contribution in [-0.2, 0) is 6.42 Å². The molecule has 1 nitrogen and oxygen atoms in total. The Hall–Kier alpha value is -4.88. The summed E-state index contributed by atoms with van der Waals surface area (Å²) in [6.07, 6.45) is 0.917. The van der Waals surface area contributed by atoms with E-state index in [1.54, 1.807) is 0 Å². The molecule has 1 heterocycles. The number of benzene rings is 6. The molecule has 0 fully saturated rings. The molecule has 0 atom stereocenters. The first-order valence-corrected chi connectivity index (χ1v) is 13.2. The van der Waals surface area contributed by atoms with Gasteiger partial charge >= 0.3 is 0 Å². The molecule has 0 aliphatic rings. The van der Waals surface area contributed by atoms with Crippen LogP contribution in [0.4, 0.5) is 0 Å². The van der Waals surface area contributed by atoms with Crippen molar-refractivity contribution in [3.63, 3.8) is 0 Å². The molecule has 0 saturated heterocycles. The van der Waals surface area contributed by atoms with Gasteiger partial charge in [-0.25, -0.2) is 0 Å². The number of para-hydroxylation sites is 2. The van der Waals surface area contributed by atoms with E-state index in [0.717, 1.165) is 6.42 Å². The van der Waals surface area contributed by atoms with Crippen LogP contribution in [0.5, 0.6) is 0 Å².